The number of hydrogen-bond donors (Lipinski definition) is 4. The number of rotatable bonds is 0. The summed E-state index contributed by atoms with van der Waals surface area (Å²) in [5.74, 6) is 2.49. The zero-order chi connectivity index (χ0) is 16.6. The van der Waals surface area contributed by atoms with Gasteiger partial charge in [0.15, 0.2) is 0 Å². The van der Waals surface area contributed by atoms with Gasteiger partial charge >= 0.3 is 7.69 Å². The van der Waals surface area contributed by atoms with Crippen molar-refractivity contribution in [1.29, 1.82) is 0 Å². The SMILES string of the molecule is C[C@]12CC[C@@H]3c4ccc(O)cc4CC[C@H]3[C@@H]1CC[C@@H]2O.O[B]O. The van der Waals surface area contributed by atoms with Gasteiger partial charge in [-0.25, -0.2) is 0 Å². The first-order valence-electron chi connectivity index (χ1n) is 8.61. The van der Waals surface area contributed by atoms with Crippen molar-refractivity contribution in [3.63, 3.8) is 0 Å². The molecule has 2 fully saturated rings. The Morgan fingerprint density at radius 3 is 2.61 bits per heavy atom. The van der Waals surface area contributed by atoms with Gasteiger partial charge in [0.1, 0.15) is 5.75 Å². The van der Waals surface area contributed by atoms with Crippen LogP contribution in [-0.2, 0) is 6.42 Å². The van der Waals surface area contributed by atoms with E-state index >= 15 is 0 Å². The van der Waals surface area contributed by atoms with Gasteiger partial charge in [0.05, 0.1) is 6.10 Å². The van der Waals surface area contributed by atoms with Crippen LogP contribution in [0.5, 0.6) is 5.75 Å². The number of benzene rings is 1. The van der Waals surface area contributed by atoms with Crippen LogP contribution in [-0.4, -0.2) is 34.1 Å². The predicted molar refractivity (Wildman–Crippen MR) is 88.9 cm³/mol. The Labute approximate surface area is 138 Å². The van der Waals surface area contributed by atoms with Crippen molar-refractivity contribution >= 4 is 7.69 Å². The maximum Gasteiger partial charge on any atom is 0.482 e. The van der Waals surface area contributed by atoms with E-state index in [4.69, 9.17) is 10.0 Å². The lowest BCUT2D eigenvalue weighted by molar-refractivity contribution is -0.0226. The van der Waals surface area contributed by atoms with Crippen LogP contribution < -0.4 is 0 Å². The van der Waals surface area contributed by atoms with E-state index in [2.05, 4.69) is 13.0 Å². The lowest BCUT2D eigenvalue weighted by Gasteiger charge is -2.50. The average Bonchev–Trinajstić information content (AvgIpc) is 2.83. The standard InChI is InChI=1S/C18H24O2.BH2O2/c1-18-9-8-14-13-5-3-12(19)10-11(13)2-4-15(14)16(18)6-7-17(18)20;2-1-3/h3,5,10,14-17,19-20H,2,4,6-9H2,1H3;2-3H/t14-,15-,16+,17+,18+;/m1./s1. The Bertz CT molecular complexity index is 564. The summed E-state index contributed by atoms with van der Waals surface area (Å²) in [6.45, 7) is 2.32. The molecular weight excluding hydrogens is 291 g/mol. The Kier molecular flexibility index (Phi) is 4.72. The molecule has 0 bridgehead atoms. The van der Waals surface area contributed by atoms with Gasteiger partial charge in [-0.3, -0.25) is 0 Å². The molecule has 1 radical (unpaired) electrons. The number of phenolic OH excluding ortho intramolecular Hbond substituents is 1. The summed E-state index contributed by atoms with van der Waals surface area (Å²) in [4.78, 5) is 0. The number of phenols is 1. The van der Waals surface area contributed by atoms with Crippen molar-refractivity contribution in [1.82, 2.24) is 0 Å². The van der Waals surface area contributed by atoms with Crippen molar-refractivity contribution in [2.45, 2.75) is 57.5 Å². The molecule has 3 aliphatic rings. The van der Waals surface area contributed by atoms with Crippen molar-refractivity contribution in [3.8, 4) is 5.75 Å². The molecule has 1 aromatic rings. The normalized spacial score (nSPS) is 37.7. The molecule has 0 spiro atoms. The summed E-state index contributed by atoms with van der Waals surface area (Å²) in [6.07, 6.45) is 6.78. The van der Waals surface area contributed by atoms with Crippen LogP contribution in [0.1, 0.15) is 56.1 Å². The maximum absolute atomic E-state index is 10.4. The minimum absolute atomic E-state index is 0. The van der Waals surface area contributed by atoms with Crippen LogP contribution in [0.15, 0.2) is 18.2 Å². The number of hydrogen-bond acceptors (Lipinski definition) is 4. The molecule has 4 nitrogen and oxygen atoms in total. The van der Waals surface area contributed by atoms with Crippen molar-refractivity contribution in [3.05, 3.63) is 29.3 Å². The highest BCUT2D eigenvalue weighted by Gasteiger charge is 2.54. The Balaban J connectivity index is 0.000000485. The van der Waals surface area contributed by atoms with Gasteiger partial charge in [0, 0.05) is 0 Å². The molecule has 0 aliphatic heterocycles. The zero-order valence-electron chi connectivity index (χ0n) is 13.7. The summed E-state index contributed by atoms with van der Waals surface area (Å²) in [7, 11) is 0. The lowest BCUT2D eigenvalue weighted by Crippen LogP contribution is -2.43. The number of aryl methyl sites for hydroxylation is 1. The van der Waals surface area contributed by atoms with Crippen molar-refractivity contribution < 1.29 is 20.3 Å². The average molecular weight is 317 g/mol. The van der Waals surface area contributed by atoms with Gasteiger partial charge in [0.25, 0.3) is 0 Å². The molecule has 0 aromatic heterocycles. The van der Waals surface area contributed by atoms with Crippen LogP contribution in [0.2, 0.25) is 0 Å². The molecule has 0 heterocycles. The monoisotopic (exact) mass is 317 g/mol. The third-order valence-electron chi connectivity index (χ3n) is 6.66. The molecule has 125 valence electrons. The smallest absolute Gasteiger partial charge is 0.482 e. The minimum atomic E-state index is -0.0883. The quantitative estimate of drug-likeness (QED) is 0.553. The Morgan fingerprint density at radius 2 is 1.87 bits per heavy atom. The van der Waals surface area contributed by atoms with Crippen LogP contribution in [0, 0.1) is 17.3 Å². The summed E-state index contributed by atoms with van der Waals surface area (Å²) in [5.41, 5.74) is 2.99. The minimum Gasteiger partial charge on any atom is -0.508 e. The molecule has 4 N–H and O–H groups in total. The zero-order valence-corrected chi connectivity index (χ0v) is 13.7. The molecule has 1 aromatic carbocycles. The van der Waals surface area contributed by atoms with E-state index in [-0.39, 0.29) is 19.2 Å². The van der Waals surface area contributed by atoms with Crippen molar-refractivity contribution in [2.24, 2.45) is 17.3 Å². The third-order valence-corrected chi connectivity index (χ3v) is 6.66. The molecule has 0 unspecified atom stereocenters. The van der Waals surface area contributed by atoms with E-state index in [0.29, 0.717) is 17.6 Å². The summed E-state index contributed by atoms with van der Waals surface area (Å²) in [5, 5.41) is 34.0. The summed E-state index contributed by atoms with van der Waals surface area (Å²) >= 11 is 0. The van der Waals surface area contributed by atoms with Gasteiger partial charge in [-0.05, 0) is 85.0 Å². The first kappa shape index (κ1) is 16.8. The topological polar surface area (TPSA) is 80.9 Å². The molecule has 5 atom stereocenters. The van der Waals surface area contributed by atoms with Gasteiger partial charge in [-0.1, -0.05) is 13.0 Å². The van der Waals surface area contributed by atoms with E-state index in [9.17, 15) is 10.2 Å². The van der Waals surface area contributed by atoms with E-state index in [0.717, 1.165) is 25.2 Å². The molecule has 4 rings (SSSR count). The fourth-order valence-corrected chi connectivity index (χ4v) is 5.54. The van der Waals surface area contributed by atoms with Gasteiger partial charge in [-0.2, -0.15) is 0 Å². The molecular formula is C18H26BO4. The Hall–Kier alpha value is -1.04. The molecule has 23 heavy (non-hydrogen) atoms. The second-order valence-electron chi connectivity index (χ2n) is 7.55. The number of aliphatic hydroxyl groups is 1. The van der Waals surface area contributed by atoms with Crippen LogP contribution in [0.3, 0.4) is 0 Å². The number of aliphatic hydroxyl groups excluding tert-OH is 1. The summed E-state index contributed by atoms with van der Waals surface area (Å²) < 4.78 is 0. The third kappa shape index (κ3) is 2.79. The first-order valence-corrected chi connectivity index (χ1v) is 8.61. The largest absolute Gasteiger partial charge is 0.508 e. The highest BCUT2D eigenvalue weighted by molar-refractivity contribution is 6.13. The van der Waals surface area contributed by atoms with E-state index in [1.807, 2.05) is 12.1 Å². The second kappa shape index (κ2) is 6.46. The molecule has 0 amide bonds. The number of aromatic hydroxyl groups is 1. The van der Waals surface area contributed by atoms with Crippen molar-refractivity contribution in [2.75, 3.05) is 0 Å². The van der Waals surface area contributed by atoms with Gasteiger partial charge in [0.2, 0.25) is 0 Å². The highest BCUT2D eigenvalue weighted by atomic mass is 16.4. The van der Waals surface area contributed by atoms with Crippen LogP contribution >= 0.6 is 0 Å². The van der Waals surface area contributed by atoms with Crippen LogP contribution in [0.4, 0.5) is 0 Å². The number of fused-ring (bicyclic) bond motifs is 5. The molecule has 3 aliphatic carbocycles. The fraction of sp³-hybridized carbons (Fsp3) is 0.667. The molecule has 5 heteroatoms. The fourth-order valence-electron chi connectivity index (χ4n) is 5.54. The summed E-state index contributed by atoms with van der Waals surface area (Å²) in [6, 6.07) is 5.96. The molecule has 0 saturated heterocycles. The van der Waals surface area contributed by atoms with Gasteiger partial charge < -0.3 is 20.3 Å². The first-order chi connectivity index (χ1) is 11.0. The molecule has 2 saturated carbocycles. The van der Waals surface area contributed by atoms with Gasteiger partial charge in [-0.15, -0.1) is 0 Å². The van der Waals surface area contributed by atoms with Crippen LogP contribution in [0.25, 0.3) is 0 Å². The maximum atomic E-state index is 10.4. The highest BCUT2D eigenvalue weighted by Crippen LogP contribution is 2.60. The predicted octanol–water partition coefficient (Wildman–Crippen LogP) is 2.11. The second-order valence-corrected chi connectivity index (χ2v) is 7.55. The Morgan fingerprint density at radius 1 is 1.13 bits per heavy atom. The van der Waals surface area contributed by atoms with E-state index < -0.39 is 0 Å². The van der Waals surface area contributed by atoms with E-state index in [1.165, 1.54) is 30.4 Å². The van der Waals surface area contributed by atoms with E-state index in [1.54, 1.807) is 0 Å². The lowest BCUT2D eigenvalue weighted by atomic mass is 9.55.